The summed E-state index contributed by atoms with van der Waals surface area (Å²) >= 11 is 5.49. The highest BCUT2D eigenvalue weighted by Crippen LogP contribution is 2.12. The molecule has 1 amide bonds. The van der Waals surface area contributed by atoms with Gasteiger partial charge in [0.25, 0.3) is 5.91 Å². The van der Waals surface area contributed by atoms with Gasteiger partial charge in [-0.15, -0.1) is 0 Å². The fourth-order valence-corrected chi connectivity index (χ4v) is 3.27. The Morgan fingerprint density at radius 2 is 1.96 bits per heavy atom. The van der Waals surface area contributed by atoms with Gasteiger partial charge in [0.05, 0.1) is 12.6 Å². The molecule has 6 heteroatoms. The topological polar surface area (TPSA) is 62.3 Å². The molecule has 2 N–H and O–H groups in total. The Morgan fingerprint density at radius 3 is 2.52 bits per heavy atom. The number of nitrogens with zero attached hydrogens (tertiary/aromatic N) is 2. The summed E-state index contributed by atoms with van der Waals surface area (Å²) in [6, 6.07) is 11.8. The first kappa shape index (κ1) is 18.8. The van der Waals surface area contributed by atoms with Crippen molar-refractivity contribution in [1.29, 1.82) is 5.26 Å². The molecule has 0 radical (unpaired) electrons. The van der Waals surface area contributed by atoms with E-state index in [1.807, 2.05) is 48.7 Å². The summed E-state index contributed by atoms with van der Waals surface area (Å²) in [5, 5.41) is 11.9. The standard InChI is InChI=1S/C19H22N4OS/c1-13-9-14(2)23(19(25)17(13)10-20)12-22(4)11-15-5-7-16(8-6-15)18(24)21-3/h5-9H,11-12H2,1-4H3,(H,21,24)/p+1. The number of carbonyl (C=O) groups is 1. The van der Waals surface area contributed by atoms with E-state index in [4.69, 9.17) is 12.2 Å². The predicted octanol–water partition coefficient (Wildman–Crippen LogP) is 1.74. The Morgan fingerprint density at radius 1 is 1.32 bits per heavy atom. The third-order valence-corrected chi connectivity index (χ3v) is 4.62. The smallest absolute Gasteiger partial charge is 0.251 e. The third-order valence-electron chi connectivity index (χ3n) is 4.19. The van der Waals surface area contributed by atoms with Gasteiger partial charge in [-0.3, -0.25) is 9.36 Å². The lowest BCUT2D eigenvalue weighted by Gasteiger charge is -2.19. The summed E-state index contributed by atoms with van der Waals surface area (Å²) in [5.74, 6) is -0.0853. The van der Waals surface area contributed by atoms with Crippen molar-refractivity contribution < 1.29 is 9.69 Å². The van der Waals surface area contributed by atoms with Crippen molar-refractivity contribution in [1.82, 2.24) is 9.88 Å². The Hall–Kier alpha value is -2.49. The van der Waals surface area contributed by atoms with Crippen LogP contribution in [0.5, 0.6) is 0 Å². The maximum Gasteiger partial charge on any atom is 0.251 e. The number of aromatic nitrogens is 1. The number of amides is 1. The zero-order valence-electron chi connectivity index (χ0n) is 15.0. The number of hydrogen-bond donors (Lipinski definition) is 2. The van der Waals surface area contributed by atoms with Crippen LogP contribution in [0.15, 0.2) is 30.3 Å². The minimum atomic E-state index is -0.0853. The van der Waals surface area contributed by atoms with Crippen molar-refractivity contribution in [3.8, 4) is 6.07 Å². The predicted molar refractivity (Wildman–Crippen MR) is 99.9 cm³/mol. The van der Waals surface area contributed by atoms with Crippen molar-refractivity contribution in [2.24, 2.45) is 0 Å². The third kappa shape index (κ3) is 4.32. The lowest BCUT2D eigenvalue weighted by atomic mass is 10.1. The number of carbonyl (C=O) groups excluding carboxylic acids is 1. The van der Waals surface area contributed by atoms with Crippen LogP contribution >= 0.6 is 12.2 Å². The van der Waals surface area contributed by atoms with Gasteiger partial charge in [0.1, 0.15) is 17.3 Å². The molecule has 0 spiro atoms. The lowest BCUT2D eigenvalue weighted by molar-refractivity contribution is -0.917. The minimum Gasteiger partial charge on any atom is -0.355 e. The van der Waals surface area contributed by atoms with Gasteiger partial charge in [-0.1, -0.05) is 24.4 Å². The molecular weight excluding hydrogens is 332 g/mol. The molecular formula is C19H23N4OS+. The van der Waals surface area contributed by atoms with E-state index in [0.29, 0.717) is 22.4 Å². The highest BCUT2D eigenvalue weighted by atomic mass is 32.1. The van der Waals surface area contributed by atoms with Crippen molar-refractivity contribution in [3.05, 3.63) is 62.9 Å². The van der Waals surface area contributed by atoms with Gasteiger partial charge in [0.2, 0.25) is 0 Å². The molecule has 0 bridgehead atoms. The van der Waals surface area contributed by atoms with Crippen LogP contribution in [0.3, 0.4) is 0 Å². The van der Waals surface area contributed by atoms with Crippen LogP contribution in [0.2, 0.25) is 0 Å². The fourth-order valence-electron chi connectivity index (χ4n) is 2.85. The monoisotopic (exact) mass is 355 g/mol. The van der Waals surface area contributed by atoms with E-state index < -0.39 is 0 Å². The van der Waals surface area contributed by atoms with Crippen LogP contribution < -0.4 is 10.2 Å². The van der Waals surface area contributed by atoms with E-state index in [0.717, 1.165) is 23.4 Å². The molecule has 0 aliphatic carbocycles. The molecule has 130 valence electrons. The number of quaternary nitrogens is 1. The largest absolute Gasteiger partial charge is 0.355 e. The first-order chi connectivity index (χ1) is 11.9. The number of benzene rings is 1. The summed E-state index contributed by atoms with van der Waals surface area (Å²) < 4.78 is 2.60. The molecule has 0 saturated heterocycles. The molecule has 25 heavy (non-hydrogen) atoms. The summed E-state index contributed by atoms with van der Waals surface area (Å²) in [4.78, 5) is 12.8. The number of rotatable bonds is 5. The molecule has 0 fully saturated rings. The quantitative estimate of drug-likeness (QED) is 0.803. The van der Waals surface area contributed by atoms with Crippen molar-refractivity contribution in [3.63, 3.8) is 0 Å². The van der Waals surface area contributed by atoms with E-state index >= 15 is 0 Å². The van der Waals surface area contributed by atoms with Crippen molar-refractivity contribution in [2.45, 2.75) is 27.1 Å². The van der Waals surface area contributed by atoms with E-state index in [1.165, 1.54) is 4.90 Å². The van der Waals surface area contributed by atoms with Crippen molar-refractivity contribution in [2.75, 3.05) is 14.1 Å². The first-order valence-corrected chi connectivity index (χ1v) is 8.51. The molecule has 2 aromatic rings. The molecule has 5 nitrogen and oxygen atoms in total. The average Bonchev–Trinajstić information content (AvgIpc) is 2.59. The summed E-state index contributed by atoms with van der Waals surface area (Å²) in [6.07, 6.45) is 0. The number of nitrogens with one attached hydrogen (secondary N) is 2. The van der Waals surface area contributed by atoms with Gasteiger partial charge in [0.15, 0.2) is 6.67 Å². The Labute approximate surface area is 153 Å². The van der Waals surface area contributed by atoms with Gasteiger partial charge in [0, 0.05) is 23.9 Å². The van der Waals surface area contributed by atoms with E-state index in [1.54, 1.807) is 7.05 Å². The normalized spacial score (nSPS) is 11.6. The highest BCUT2D eigenvalue weighted by molar-refractivity contribution is 7.71. The van der Waals surface area contributed by atoms with Crippen LogP contribution in [0.1, 0.15) is 32.7 Å². The van der Waals surface area contributed by atoms with Gasteiger partial charge in [-0.2, -0.15) is 5.26 Å². The molecule has 0 aliphatic heterocycles. The number of nitriles is 1. The molecule has 0 saturated carbocycles. The second-order valence-corrected chi connectivity index (χ2v) is 6.64. The molecule has 1 heterocycles. The summed E-state index contributed by atoms with van der Waals surface area (Å²) in [7, 11) is 3.71. The van der Waals surface area contributed by atoms with Crippen molar-refractivity contribution >= 4 is 18.1 Å². The van der Waals surface area contributed by atoms with E-state index in [2.05, 4.69) is 18.4 Å². The van der Waals surface area contributed by atoms with Gasteiger partial charge < -0.3 is 10.2 Å². The van der Waals surface area contributed by atoms with Crippen LogP contribution in [0.25, 0.3) is 0 Å². The first-order valence-electron chi connectivity index (χ1n) is 8.10. The minimum absolute atomic E-state index is 0.0853. The average molecular weight is 355 g/mol. The Bertz CT molecular complexity index is 878. The SMILES string of the molecule is CNC(=O)c1ccc(C[NH+](C)Cn2c(C)cc(C)c(C#N)c2=S)cc1. The highest BCUT2D eigenvalue weighted by Gasteiger charge is 2.12. The maximum absolute atomic E-state index is 11.6. The molecule has 1 unspecified atom stereocenters. The van der Waals surface area contributed by atoms with Gasteiger partial charge >= 0.3 is 0 Å². The summed E-state index contributed by atoms with van der Waals surface area (Å²) in [5.41, 5.74) is 4.34. The second-order valence-electron chi connectivity index (χ2n) is 6.26. The zero-order valence-corrected chi connectivity index (χ0v) is 15.8. The molecule has 1 aromatic carbocycles. The van der Waals surface area contributed by atoms with Crippen LogP contribution in [-0.2, 0) is 13.2 Å². The lowest BCUT2D eigenvalue weighted by Crippen LogP contribution is -3.07. The van der Waals surface area contributed by atoms with Crippen LogP contribution in [0.4, 0.5) is 0 Å². The molecule has 2 rings (SSSR count). The van der Waals surface area contributed by atoms with Gasteiger partial charge in [-0.05, 0) is 37.6 Å². The van der Waals surface area contributed by atoms with Crippen LogP contribution in [0, 0.1) is 29.8 Å². The van der Waals surface area contributed by atoms with E-state index in [-0.39, 0.29) is 5.91 Å². The molecule has 0 aliphatic rings. The van der Waals surface area contributed by atoms with Crippen LogP contribution in [-0.4, -0.2) is 24.6 Å². The Kier molecular flexibility index (Phi) is 6.07. The number of aryl methyl sites for hydroxylation is 2. The van der Waals surface area contributed by atoms with Gasteiger partial charge in [-0.25, -0.2) is 0 Å². The fraction of sp³-hybridized carbons (Fsp3) is 0.316. The Balaban J connectivity index is 2.16. The number of pyridine rings is 1. The number of hydrogen-bond acceptors (Lipinski definition) is 3. The van der Waals surface area contributed by atoms with E-state index in [9.17, 15) is 10.1 Å². The molecule has 1 aromatic heterocycles. The second kappa shape index (κ2) is 8.06. The summed E-state index contributed by atoms with van der Waals surface area (Å²) in [6.45, 7) is 5.40. The molecule has 1 atom stereocenters. The zero-order chi connectivity index (χ0) is 18.6. The maximum atomic E-state index is 11.6.